The Bertz CT molecular complexity index is 142. The van der Waals surface area contributed by atoms with E-state index in [0.29, 0.717) is 5.44 Å². The van der Waals surface area contributed by atoms with Gasteiger partial charge in [-0.05, 0) is 25.7 Å². The third-order valence-electron chi connectivity index (χ3n) is 2.30. The van der Waals surface area contributed by atoms with Gasteiger partial charge in [0, 0.05) is 18.0 Å². The van der Waals surface area contributed by atoms with Crippen molar-refractivity contribution in [3.8, 4) is 0 Å². The lowest BCUT2D eigenvalue weighted by molar-refractivity contribution is 0.0717. The topological polar surface area (TPSA) is 29.5 Å². The number of thioether (sulfide) groups is 1. The fraction of sp³-hybridized carbons (Fsp3) is 1.00. The van der Waals surface area contributed by atoms with Gasteiger partial charge in [0.15, 0.2) is 0 Å². The molecule has 1 saturated heterocycles. The molecule has 1 N–H and O–H groups in total. The fourth-order valence-electron chi connectivity index (χ4n) is 1.49. The number of hydrogen-bond donors (Lipinski definition) is 1. The minimum absolute atomic E-state index is 0.150. The minimum atomic E-state index is 0.150. The van der Waals surface area contributed by atoms with E-state index in [1.54, 1.807) is 0 Å². The zero-order chi connectivity index (χ0) is 9.73. The van der Waals surface area contributed by atoms with Crippen molar-refractivity contribution in [3.05, 3.63) is 0 Å². The van der Waals surface area contributed by atoms with Crippen molar-refractivity contribution in [3.63, 3.8) is 0 Å². The molecule has 78 valence electrons. The summed E-state index contributed by atoms with van der Waals surface area (Å²) in [4.78, 5) is 0. The van der Waals surface area contributed by atoms with Crippen LogP contribution < -0.4 is 0 Å². The molecule has 0 aromatic carbocycles. The molecule has 2 nitrogen and oxygen atoms in total. The van der Waals surface area contributed by atoms with Gasteiger partial charge in [-0.15, -0.1) is 11.8 Å². The van der Waals surface area contributed by atoms with Crippen molar-refractivity contribution in [1.82, 2.24) is 0 Å². The highest BCUT2D eigenvalue weighted by Gasteiger charge is 2.25. The SMILES string of the molecule is CC(C)(CCO)SC1CCCCO1. The second kappa shape index (κ2) is 5.23. The maximum absolute atomic E-state index is 8.88. The van der Waals surface area contributed by atoms with Gasteiger partial charge in [-0.25, -0.2) is 0 Å². The van der Waals surface area contributed by atoms with Gasteiger partial charge in [-0.3, -0.25) is 0 Å². The highest BCUT2D eigenvalue weighted by Crippen LogP contribution is 2.35. The molecule has 0 aromatic heterocycles. The van der Waals surface area contributed by atoms with Crippen LogP contribution in [0.3, 0.4) is 0 Å². The largest absolute Gasteiger partial charge is 0.396 e. The molecule has 1 fully saturated rings. The van der Waals surface area contributed by atoms with Crippen molar-refractivity contribution in [2.45, 2.75) is 49.7 Å². The van der Waals surface area contributed by atoms with Crippen LogP contribution >= 0.6 is 11.8 Å². The molecule has 0 saturated carbocycles. The van der Waals surface area contributed by atoms with E-state index in [9.17, 15) is 0 Å². The van der Waals surface area contributed by atoms with Crippen molar-refractivity contribution >= 4 is 11.8 Å². The van der Waals surface area contributed by atoms with Gasteiger partial charge in [-0.2, -0.15) is 0 Å². The highest BCUT2D eigenvalue weighted by molar-refractivity contribution is 8.01. The van der Waals surface area contributed by atoms with Gasteiger partial charge < -0.3 is 9.84 Å². The molecular weight excluding hydrogens is 184 g/mol. The van der Waals surface area contributed by atoms with Gasteiger partial charge in [-0.1, -0.05) is 13.8 Å². The summed E-state index contributed by atoms with van der Waals surface area (Å²) >= 11 is 1.87. The summed E-state index contributed by atoms with van der Waals surface area (Å²) in [6.45, 7) is 5.53. The summed E-state index contributed by atoms with van der Waals surface area (Å²) < 4.78 is 5.79. The first kappa shape index (κ1) is 11.3. The van der Waals surface area contributed by atoms with E-state index >= 15 is 0 Å². The second-order valence-corrected chi connectivity index (χ2v) is 6.01. The normalized spacial score (nSPS) is 24.7. The molecule has 3 heteroatoms. The molecule has 0 spiro atoms. The van der Waals surface area contributed by atoms with Gasteiger partial charge in [0.1, 0.15) is 5.44 Å². The summed E-state index contributed by atoms with van der Waals surface area (Å²) in [5, 5.41) is 8.88. The molecule has 0 aromatic rings. The zero-order valence-corrected chi connectivity index (χ0v) is 9.40. The predicted octanol–water partition coefficient (Wildman–Crippen LogP) is 2.41. The molecule has 0 amide bonds. The Morgan fingerprint density at radius 2 is 2.23 bits per heavy atom. The first-order valence-electron chi connectivity index (χ1n) is 5.04. The monoisotopic (exact) mass is 204 g/mol. The van der Waals surface area contributed by atoms with E-state index < -0.39 is 0 Å². The second-order valence-electron chi connectivity index (χ2n) is 4.15. The predicted molar refractivity (Wildman–Crippen MR) is 57.0 cm³/mol. The van der Waals surface area contributed by atoms with Crippen LogP contribution in [0.1, 0.15) is 39.5 Å². The molecular formula is C10H20O2S. The van der Waals surface area contributed by atoms with E-state index in [2.05, 4.69) is 13.8 Å². The van der Waals surface area contributed by atoms with Crippen LogP contribution in [0.25, 0.3) is 0 Å². The third-order valence-corrected chi connectivity index (χ3v) is 3.78. The maximum atomic E-state index is 8.88. The zero-order valence-electron chi connectivity index (χ0n) is 8.58. The molecule has 1 heterocycles. The van der Waals surface area contributed by atoms with Gasteiger partial charge >= 0.3 is 0 Å². The average Bonchev–Trinajstić information content (AvgIpc) is 2.04. The van der Waals surface area contributed by atoms with Crippen molar-refractivity contribution < 1.29 is 9.84 Å². The molecule has 13 heavy (non-hydrogen) atoms. The summed E-state index contributed by atoms with van der Waals surface area (Å²) in [6.07, 6.45) is 4.50. The third kappa shape index (κ3) is 4.34. The Morgan fingerprint density at radius 1 is 1.46 bits per heavy atom. The summed E-state index contributed by atoms with van der Waals surface area (Å²) in [7, 11) is 0. The summed E-state index contributed by atoms with van der Waals surface area (Å²) in [6, 6.07) is 0. The molecule has 1 unspecified atom stereocenters. The lowest BCUT2D eigenvalue weighted by Gasteiger charge is -2.30. The Morgan fingerprint density at radius 3 is 2.77 bits per heavy atom. The number of ether oxygens (including phenoxy) is 1. The van der Waals surface area contributed by atoms with E-state index in [-0.39, 0.29) is 11.4 Å². The van der Waals surface area contributed by atoms with Crippen LogP contribution in [0.5, 0.6) is 0 Å². The van der Waals surface area contributed by atoms with E-state index in [1.165, 1.54) is 19.3 Å². The van der Waals surface area contributed by atoms with E-state index in [4.69, 9.17) is 9.84 Å². The highest BCUT2D eigenvalue weighted by atomic mass is 32.2. The Labute approximate surface area is 85.0 Å². The molecule has 0 radical (unpaired) electrons. The fourth-order valence-corrected chi connectivity index (χ4v) is 2.86. The molecule has 0 bridgehead atoms. The van der Waals surface area contributed by atoms with Crippen LogP contribution in [0, 0.1) is 0 Å². The van der Waals surface area contributed by atoms with E-state index in [0.717, 1.165) is 13.0 Å². The Kier molecular flexibility index (Phi) is 4.56. The lowest BCUT2D eigenvalue weighted by atomic mass is 10.1. The Balaban J connectivity index is 2.28. The molecule has 0 aliphatic carbocycles. The standard InChI is InChI=1S/C10H20O2S/c1-10(2,6-7-11)13-9-5-3-4-8-12-9/h9,11H,3-8H2,1-2H3. The van der Waals surface area contributed by atoms with Crippen LogP contribution in [0.4, 0.5) is 0 Å². The molecule has 1 atom stereocenters. The molecule has 1 aliphatic rings. The lowest BCUT2D eigenvalue weighted by Crippen LogP contribution is -2.25. The number of aliphatic hydroxyl groups is 1. The van der Waals surface area contributed by atoms with Gasteiger partial charge in [0.2, 0.25) is 0 Å². The first-order valence-corrected chi connectivity index (χ1v) is 5.92. The van der Waals surface area contributed by atoms with Gasteiger partial charge in [0.05, 0.1) is 0 Å². The van der Waals surface area contributed by atoms with Crippen LogP contribution in [0.15, 0.2) is 0 Å². The van der Waals surface area contributed by atoms with Crippen molar-refractivity contribution in [1.29, 1.82) is 0 Å². The number of aliphatic hydroxyl groups excluding tert-OH is 1. The average molecular weight is 204 g/mol. The van der Waals surface area contributed by atoms with Crippen molar-refractivity contribution in [2.75, 3.05) is 13.2 Å². The quantitative estimate of drug-likeness (QED) is 0.762. The first-order chi connectivity index (χ1) is 6.14. The smallest absolute Gasteiger partial charge is 0.103 e. The van der Waals surface area contributed by atoms with Crippen LogP contribution in [0.2, 0.25) is 0 Å². The van der Waals surface area contributed by atoms with Crippen molar-refractivity contribution in [2.24, 2.45) is 0 Å². The summed E-state index contributed by atoms with van der Waals surface area (Å²) in [5.74, 6) is 0. The Hall–Kier alpha value is 0.270. The minimum Gasteiger partial charge on any atom is -0.396 e. The molecule has 1 rings (SSSR count). The number of hydrogen-bond acceptors (Lipinski definition) is 3. The van der Waals surface area contributed by atoms with Gasteiger partial charge in [0.25, 0.3) is 0 Å². The molecule has 1 aliphatic heterocycles. The van der Waals surface area contributed by atoms with Crippen LogP contribution in [-0.4, -0.2) is 28.5 Å². The van der Waals surface area contributed by atoms with Crippen LogP contribution in [-0.2, 0) is 4.74 Å². The number of rotatable bonds is 4. The van der Waals surface area contributed by atoms with E-state index in [1.807, 2.05) is 11.8 Å². The maximum Gasteiger partial charge on any atom is 0.103 e. The summed E-state index contributed by atoms with van der Waals surface area (Å²) in [5.41, 5.74) is 0.357.